The second-order valence-corrected chi connectivity index (χ2v) is 8.68. The van der Waals surface area contributed by atoms with Gasteiger partial charge in [-0.1, -0.05) is 13.0 Å². The molecule has 30 heavy (non-hydrogen) atoms. The van der Waals surface area contributed by atoms with E-state index in [4.69, 9.17) is 14.2 Å². The molecule has 0 unspecified atom stereocenters. The maximum Gasteiger partial charge on any atom is 0.331 e. The van der Waals surface area contributed by atoms with Gasteiger partial charge in [0.25, 0.3) is 5.56 Å². The number of rotatable bonds is 4. The summed E-state index contributed by atoms with van der Waals surface area (Å²) in [6.07, 6.45) is 5.97. The topological polar surface area (TPSA) is 90.5 Å². The second kappa shape index (κ2) is 7.60. The predicted octanol–water partition coefficient (Wildman–Crippen LogP) is 3.59. The molecule has 0 saturated heterocycles. The first-order valence-electron chi connectivity index (χ1n) is 9.85. The van der Waals surface area contributed by atoms with Crippen molar-refractivity contribution in [3.05, 3.63) is 56.5 Å². The summed E-state index contributed by atoms with van der Waals surface area (Å²) >= 11 is 1.58. The molecule has 2 aromatic heterocycles. The highest BCUT2D eigenvalue weighted by Gasteiger charge is 2.23. The van der Waals surface area contributed by atoms with Crippen molar-refractivity contribution in [3.63, 3.8) is 0 Å². The Kier molecular flexibility index (Phi) is 4.78. The lowest BCUT2D eigenvalue weighted by Crippen LogP contribution is -2.15. The van der Waals surface area contributed by atoms with E-state index in [-0.39, 0.29) is 19.0 Å². The quantitative estimate of drug-likeness (QED) is 0.508. The van der Waals surface area contributed by atoms with Crippen LogP contribution in [0.4, 0.5) is 0 Å². The lowest BCUT2D eigenvalue weighted by Gasteiger charge is -2.17. The van der Waals surface area contributed by atoms with E-state index in [1.54, 1.807) is 29.5 Å². The van der Waals surface area contributed by atoms with Crippen LogP contribution < -0.4 is 15.0 Å². The third-order valence-electron chi connectivity index (χ3n) is 5.37. The zero-order valence-electron chi connectivity index (χ0n) is 16.4. The van der Waals surface area contributed by atoms with Gasteiger partial charge in [-0.2, -0.15) is 0 Å². The SMILES string of the molecule is C[C@H]1CCc2c(sc3nc(COC(=O)/C=C/c4ccc5c(c4)OCO5)[nH]c(=O)c23)C1. The maximum absolute atomic E-state index is 12.6. The summed E-state index contributed by atoms with van der Waals surface area (Å²) in [5, 5.41) is 0.694. The molecule has 1 N–H and O–H groups in total. The van der Waals surface area contributed by atoms with Crippen molar-refractivity contribution in [3.8, 4) is 11.5 Å². The maximum atomic E-state index is 12.6. The van der Waals surface area contributed by atoms with Gasteiger partial charge in [-0.3, -0.25) is 4.79 Å². The molecule has 0 bridgehead atoms. The molecule has 1 atom stereocenters. The highest BCUT2D eigenvalue weighted by molar-refractivity contribution is 7.18. The van der Waals surface area contributed by atoms with Gasteiger partial charge in [0.05, 0.1) is 5.39 Å². The molecule has 7 nitrogen and oxygen atoms in total. The van der Waals surface area contributed by atoms with Crippen LogP contribution in [0.3, 0.4) is 0 Å². The fourth-order valence-electron chi connectivity index (χ4n) is 3.83. The van der Waals surface area contributed by atoms with Gasteiger partial charge in [0.2, 0.25) is 6.79 Å². The van der Waals surface area contributed by atoms with E-state index in [9.17, 15) is 9.59 Å². The van der Waals surface area contributed by atoms with Crippen LogP contribution in [-0.2, 0) is 29.0 Å². The molecular formula is C22H20N2O5S. The summed E-state index contributed by atoms with van der Waals surface area (Å²) in [5.41, 5.74) is 1.77. The number of nitrogens with one attached hydrogen (secondary N) is 1. The van der Waals surface area contributed by atoms with Gasteiger partial charge in [0, 0.05) is 11.0 Å². The largest absolute Gasteiger partial charge is 0.454 e. The Morgan fingerprint density at radius 3 is 3.13 bits per heavy atom. The van der Waals surface area contributed by atoms with Crippen LogP contribution in [0.25, 0.3) is 16.3 Å². The third kappa shape index (κ3) is 3.59. The lowest BCUT2D eigenvalue weighted by atomic mass is 9.89. The van der Waals surface area contributed by atoms with E-state index in [2.05, 4.69) is 16.9 Å². The summed E-state index contributed by atoms with van der Waals surface area (Å²) in [6.45, 7) is 2.34. The van der Waals surface area contributed by atoms with Crippen LogP contribution in [0, 0.1) is 5.92 Å². The van der Waals surface area contributed by atoms with Crippen LogP contribution in [0.1, 0.15) is 35.2 Å². The molecule has 0 radical (unpaired) electrons. The Bertz CT molecular complexity index is 1230. The van der Waals surface area contributed by atoms with Gasteiger partial charge in [0.15, 0.2) is 11.5 Å². The number of aromatic nitrogens is 2. The Balaban J connectivity index is 1.28. The Morgan fingerprint density at radius 1 is 1.37 bits per heavy atom. The first-order valence-corrected chi connectivity index (χ1v) is 10.7. The Labute approximate surface area is 176 Å². The molecular weight excluding hydrogens is 404 g/mol. The number of aromatic amines is 1. The molecule has 1 aromatic carbocycles. The molecule has 1 aliphatic heterocycles. The zero-order valence-corrected chi connectivity index (χ0v) is 17.2. The van der Waals surface area contributed by atoms with Gasteiger partial charge in [-0.05, 0) is 54.5 Å². The molecule has 1 aliphatic carbocycles. The number of nitrogens with zero attached hydrogens (tertiary/aromatic N) is 1. The van der Waals surface area contributed by atoms with Gasteiger partial charge < -0.3 is 19.2 Å². The molecule has 0 amide bonds. The minimum Gasteiger partial charge on any atom is -0.454 e. The van der Waals surface area contributed by atoms with E-state index >= 15 is 0 Å². The number of fused-ring (bicyclic) bond motifs is 4. The fraction of sp³-hybridized carbons (Fsp3) is 0.318. The van der Waals surface area contributed by atoms with Crippen LogP contribution in [0.5, 0.6) is 11.5 Å². The van der Waals surface area contributed by atoms with Crippen LogP contribution >= 0.6 is 11.3 Å². The average Bonchev–Trinajstić information content (AvgIpc) is 3.33. The highest BCUT2D eigenvalue weighted by Crippen LogP contribution is 2.35. The van der Waals surface area contributed by atoms with Crippen LogP contribution in [-0.4, -0.2) is 22.7 Å². The number of ether oxygens (including phenoxy) is 3. The van der Waals surface area contributed by atoms with Crippen molar-refractivity contribution >= 4 is 33.6 Å². The lowest BCUT2D eigenvalue weighted by molar-refractivity contribution is -0.139. The molecule has 2 aliphatic rings. The molecule has 154 valence electrons. The summed E-state index contributed by atoms with van der Waals surface area (Å²) in [7, 11) is 0. The minimum atomic E-state index is -0.519. The molecule has 8 heteroatoms. The number of esters is 1. The van der Waals surface area contributed by atoms with Crippen LogP contribution in [0.2, 0.25) is 0 Å². The number of thiophene rings is 1. The van der Waals surface area contributed by atoms with Crippen molar-refractivity contribution in [2.24, 2.45) is 5.92 Å². The van der Waals surface area contributed by atoms with Crippen molar-refractivity contribution in [1.29, 1.82) is 0 Å². The van der Waals surface area contributed by atoms with Gasteiger partial charge in [0.1, 0.15) is 17.3 Å². The molecule has 0 spiro atoms. The van der Waals surface area contributed by atoms with Crippen molar-refractivity contribution < 1.29 is 19.0 Å². The van der Waals surface area contributed by atoms with Gasteiger partial charge in [-0.15, -0.1) is 11.3 Å². The number of benzene rings is 1. The minimum absolute atomic E-state index is 0.0888. The number of H-pyrrole nitrogens is 1. The molecule has 0 fully saturated rings. The van der Waals surface area contributed by atoms with Crippen molar-refractivity contribution in [2.45, 2.75) is 32.8 Å². The number of aryl methyl sites for hydroxylation is 1. The fourth-order valence-corrected chi connectivity index (χ4v) is 5.23. The second-order valence-electron chi connectivity index (χ2n) is 7.60. The van der Waals surface area contributed by atoms with Gasteiger partial charge >= 0.3 is 5.97 Å². The summed E-state index contributed by atoms with van der Waals surface area (Å²) < 4.78 is 15.8. The normalized spacial score (nSPS) is 17.4. The smallest absolute Gasteiger partial charge is 0.331 e. The average molecular weight is 424 g/mol. The van der Waals surface area contributed by atoms with Gasteiger partial charge in [-0.25, -0.2) is 9.78 Å². The Morgan fingerprint density at radius 2 is 2.23 bits per heavy atom. The monoisotopic (exact) mass is 424 g/mol. The standard InChI is InChI=1S/C22H20N2O5S/c1-12-2-5-14-17(8-12)30-22-20(14)21(26)23-18(24-22)10-27-19(25)7-4-13-3-6-15-16(9-13)29-11-28-15/h3-4,6-7,9,12H,2,5,8,10-11H2,1H3,(H,23,24,26)/b7-4+/t12-/m0/s1. The summed E-state index contributed by atoms with van der Waals surface area (Å²) in [5.74, 6) is 1.79. The number of carbonyl (C=O) groups is 1. The van der Waals surface area contributed by atoms with E-state index < -0.39 is 5.97 Å². The Hall–Kier alpha value is -3.13. The third-order valence-corrected chi connectivity index (χ3v) is 6.52. The number of hydrogen-bond donors (Lipinski definition) is 1. The zero-order chi connectivity index (χ0) is 20.7. The van der Waals surface area contributed by atoms with Crippen molar-refractivity contribution in [2.75, 3.05) is 6.79 Å². The predicted molar refractivity (Wildman–Crippen MR) is 113 cm³/mol. The first kappa shape index (κ1) is 18.9. The molecule has 0 saturated carbocycles. The number of hydrogen-bond acceptors (Lipinski definition) is 7. The van der Waals surface area contributed by atoms with E-state index in [1.165, 1.54) is 11.0 Å². The van der Waals surface area contributed by atoms with E-state index in [0.717, 1.165) is 35.2 Å². The van der Waals surface area contributed by atoms with Crippen LogP contribution in [0.15, 0.2) is 29.1 Å². The van der Waals surface area contributed by atoms with Crippen molar-refractivity contribution in [1.82, 2.24) is 9.97 Å². The summed E-state index contributed by atoms with van der Waals surface area (Å²) in [6, 6.07) is 5.40. The highest BCUT2D eigenvalue weighted by atomic mass is 32.1. The summed E-state index contributed by atoms with van der Waals surface area (Å²) in [4.78, 5) is 33.9. The number of carbonyl (C=O) groups excluding carboxylic acids is 1. The molecule has 3 aromatic rings. The van der Waals surface area contributed by atoms with E-state index in [0.29, 0.717) is 28.6 Å². The molecule has 5 rings (SSSR count). The first-order chi connectivity index (χ1) is 14.6. The van der Waals surface area contributed by atoms with E-state index in [1.807, 2.05) is 6.07 Å². The molecule has 3 heterocycles.